The van der Waals surface area contributed by atoms with Crippen LogP contribution in [-0.2, 0) is 0 Å². The fraction of sp³-hybridized carbons (Fsp3) is 0.588. The number of carbonyl (C=O) groups excluding carboxylic acids is 1. The number of aliphatic hydroxyl groups is 1. The molecule has 2 rings (SSSR count). The van der Waals surface area contributed by atoms with E-state index in [1.54, 1.807) is 44.1 Å². The first-order valence-corrected chi connectivity index (χ1v) is 7.89. The third-order valence-electron chi connectivity index (χ3n) is 4.27. The van der Waals surface area contributed by atoms with Crippen LogP contribution in [0.15, 0.2) is 18.2 Å². The van der Waals surface area contributed by atoms with E-state index in [1.165, 1.54) is 0 Å². The zero-order valence-electron chi connectivity index (χ0n) is 14.0. The molecule has 1 aromatic carbocycles. The highest BCUT2D eigenvalue weighted by Gasteiger charge is 2.36. The van der Waals surface area contributed by atoms with Gasteiger partial charge in [0.05, 0.1) is 18.3 Å². The Morgan fingerprint density at radius 2 is 2.22 bits per heavy atom. The molecule has 1 aliphatic heterocycles. The smallest absolute Gasteiger partial charge is 0.257 e. The summed E-state index contributed by atoms with van der Waals surface area (Å²) in [5, 5.41) is 10.1. The number of amides is 1. The second-order valence-corrected chi connectivity index (χ2v) is 6.39. The minimum Gasteiger partial charge on any atom is -0.497 e. The molecule has 0 aliphatic carbocycles. The quantitative estimate of drug-likeness (QED) is 0.824. The molecule has 0 spiro atoms. The molecule has 1 unspecified atom stereocenters. The predicted octanol–water partition coefficient (Wildman–Crippen LogP) is 1.27. The van der Waals surface area contributed by atoms with Gasteiger partial charge in [-0.25, -0.2) is 0 Å². The van der Waals surface area contributed by atoms with Crippen molar-refractivity contribution < 1.29 is 19.4 Å². The van der Waals surface area contributed by atoms with Gasteiger partial charge in [0.25, 0.3) is 5.91 Å². The van der Waals surface area contributed by atoms with Crippen LogP contribution < -0.4 is 15.2 Å². The normalized spacial score (nSPS) is 18.1. The number of ether oxygens (including phenoxy) is 2. The van der Waals surface area contributed by atoms with Crippen LogP contribution in [-0.4, -0.2) is 54.9 Å². The van der Waals surface area contributed by atoms with Gasteiger partial charge in [-0.15, -0.1) is 0 Å². The minimum atomic E-state index is -0.784. The van der Waals surface area contributed by atoms with Crippen molar-refractivity contribution >= 4 is 5.91 Å². The van der Waals surface area contributed by atoms with Crippen LogP contribution in [0.25, 0.3) is 0 Å². The fourth-order valence-corrected chi connectivity index (χ4v) is 2.79. The number of methoxy groups -OCH3 is 1. The van der Waals surface area contributed by atoms with Gasteiger partial charge in [0.2, 0.25) is 0 Å². The Balaban J connectivity index is 2.18. The summed E-state index contributed by atoms with van der Waals surface area (Å²) in [6.45, 7) is 5.46. The van der Waals surface area contributed by atoms with Crippen LogP contribution in [0.2, 0.25) is 0 Å². The summed E-state index contributed by atoms with van der Waals surface area (Å²) in [5.74, 6) is 1.10. The highest BCUT2D eigenvalue weighted by Crippen LogP contribution is 2.31. The van der Waals surface area contributed by atoms with Crippen LogP contribution in [0.4, 0.5) is 0 Å². The van der Waals surface area contributed by atoms with E-state index < -0.39 is 5.60 Å². The minimum absolute atomic E-state index is 0.0816. The third kappa shape index (κ3) is 4.14. The van der Waals surface area contributed by atoms with Gasteiger partial charge in [0.15, 0.2) is 0 Å². The van der Waals surface area contributed by atoms with E-state index in [9.17, 15) is 9.90 Å². The highest BCUT2D eigenvalue weighted by molar-refractivity contribution is 5.97. The molecule has 1 heterocycles. The van der Waals surface area contributed by atoms with E-state index in [-0.39, 0.29) is 11.8 Å². The van der Waals surface area contributed by atoms with E-state index in [0.29, 0.717) is 43.3 Å². The second-order valence-electron chi connectivity index (χ2n) is 6.39. The molecule has 1 saturated heterocycles. The van der Waals surface area contributed by atoms with Crippen molar-refractivity contribution in [3.63, 3.8) is 0 Å². The molecule has 0 radical (unpaired) electrons. The summed E-state index contributed by atoms with van der Waals surface area (Å²) in [6, 6.07) is 5.16. The third-order valence-corrected chi connectivity index (χ3v) is 4.27. The first-order chi connectivity index (χ1) is 10.9. The number of nitrogens with two attached hydrogens (primary N) is 1. The first kappa shape index (κ1) is 17.6. The van der Waals surface area contributed by atoms with E-state index >= 15 is 0 Å². The summed E-state index contributed by atoms with van der Waals surface area (Å²) < 4.78 is 10.8. The topological polar surface area (TPSA) is 85.0 Å². The maximum atomic E-state index is 12.8. The fourth-order valence-electron chi connectivity index (χ4n) is 2.79. The standard InChI is InChI=1S/C17H26N2O4/c1-17(2,21)12-6-8-19(11-12)16(20)14-5-4-13(22-3)10-15(14)23-9-7-18/h4-5,10,12,21H,6-9,11,18H2,1-3H3. The molecular formula is C17H26N2O4. The maximum absolute atomic E-state index is 12.8. The first-order valence-electron chi connectivity index (χ1n) is 7.89. The van der Waals surface area contributed by atoms with Crippen LogP contribution in [0.3, 0.4) is 0 Å². The molecule has 1 atom stereocenters. The molecule has 0 saturated carbocycles. The average molecular weight is 322 g/mol. The average Bonchev–Trinajstić information content (AvgIpc) is 3.02. The molecule has 128 valence electrons. The highest BCUT2D eigenvalue weighted by atomic mass is 16.5. The maximum Gasteiger partial charge on any atom is 0.257 e. The molecule has 1 amide bonds. The lowest BCUT2D eigenvalue weighted by Gasteiger charge is -2.25. The molecule has 3 N–H and O–H groups in total. The molecule has 1 fully saturated rings. The van der Waals surface area contributed by atoms with Gasteiger partial charge in [-0.2, -0.15) is 0 Å². The van der Waals surface area contributed by atoms with Gasteiger partial charge >= 0.3 is 0 Å². The van der Waals surface area contributed by atoms with Crippen molar-refractivity contribution in [3.05, 3.63) is 23.8 Å². The molecule has 6 nitrogen and oxygen atoms in total. The van der Waals surface area contributed by atoms with Gasteiger partial charge in [-0.05, 0) is 32.4 Å². The van der Waals surface area contributed by atoms with Crippen molar-refractivity contribution in [1.82, 2.24) is 4.90 Å². The number of carbonyl (C=O) groups is 1. The van der Waals surface area contributed by atoms with Crippen molar-refractivity contribution in [2.75, 3.05) is 33.4 Å². The predicted molar refractivity (Wildman–Crippen MR) is 87.9 cm³/mol. The molecule has 1 aromatic rings. The lowest BCUT2D eigenvalue weighted by atomic mass is 9.90. The van der Waals surface area contributed by atoms with Crippen LogP contribution in [0.5, 0.6) is 11.5 Å². The Morgan fingerprint density at radius 1 is 1.48 bits per heavy atom. The van der Waals surface area contributed by atoms with E-state index in [0.717, 1.165) is 6.42 Å². The van der Waals surface area contributed by atoms with Crippen LogP contribution in [0, 0.1) is 5.92 Å². The SMILES string of the molecule is COc1ccc(C(=O)N2CCC(C(C)(C)O)C2)c(OCCN)c1. The Labute approximate surface area is 137 Å². The van der Waals surface area contributed by atoms with Crippen LogP contribution >= 0.6 is 0 Å². The monoisotopic (exact) mass is 322 g/mol. The number of hydrogen-bond donors (Lipinski definition) is 2. The summed E-state index contributed by atoms with van der Waals surface area (Å²) in [4.78, 5) is 14.6. The number of hydrogen-bond acceptors (Lipinski definition) is 5. The Morgan fingerprint density at radius 3 is 2.78 bits per heavy atom. The molecule has 0 aromatic heterocycles. The van der Waals surface area contributed by atoms with Crippen molar-refractivity contribution in [2.24, 2.45) is 11.7 Å². The molecule has 1 aliphatic rings. The van der Waals surface area contributed by atoms with Crippen molar-refractivity contribution in [2.45, 2.75) is 25.9 Å². The van der Waals surface area contributed by atoms with Gasteiger partial charge < -0.3 is 25.2 Å². The number of benzene rings is 1. The van der Waals surface area contributed by atoms with Crippen molar-refractivity contribution in [1.29, 1.82) is 0 Å². The zero-order chi connectivity index (χ0) is 17.0. The number of likely N-dealkylation sites (tertiary alicyclic amines) is 1. The number of rotatable bonds is 6. The molecule has 23 heavy (non-hydrogen) atoms. The van der Waals surface area contributed by atoms with E-state index in [2.05, 4.69) is 0 Å². The Bertz CT molecular complexity index is 554. The summed E-state index contributed by atoms with van der Waals surface area (Å²) in [6.07, 6.45) is 0.796. The van der Waals surface area contributed by atoms with Gasteiger partial charge in [-0.3, -0.25) is 4.79 Å². The Hall–Kier alpha value is -1.79. The summed E-state index contributed by atoms with van der Waals surface area (Å²) in [7, 11) is 1.57. The van der Waals surface area contributed by atoms with Crippen molar-refractivity contribution in [3.8, 4) is 11.5 Å². The molecule has 0 bridgehead atoms. The van der Waals surface area contributed by atoms with Gasteiger partial charge in [0.1, 0.15) is 18.1 Å². The summed E-state index contributed by atoms with van der Waals surface area (Å²) >= 11 is 0. The van der Waals surface area contributed by atoms with Gasteiger partial charge in [-0.1, -0.05) is 0 Å². The van der Waals surface area contributed by atoms with Crippen LogP contribution in [0.1, 0.15) is 30.6 Å². The largest absolute Gasteiger partial charge is 0.497 e. The molecular weight excluding hydrogens is 296 g/mol. The number of nitrogens with zero attached hydrogens (tertiary/aromatic N) is 1. The zero-order valence-corrected chi connectivity index (χ0v) is 14.0. The summed E-state index contributed by atoms with van der Waals surface area (Å²) in [5.41, 5.74) is 5.19. The van der Waals surface area contributed by atoms with Gasteiger partial charge in [0, 0.05) is 31.6 Å². The van der Waals surface area contributed by atoms with E-state index in [1.807, 2.05) is 0 Å². The second kappa shape index (κ2) is 7.19. The lowest BCUT2D eigenvalue weighted by molar-refractivity contribution is 0.0211. The lowest BCUT2D eigenvalue weighted by Crippen LogP contribution is -2.35. The Kier molecular flexibility index (Phi) is 5.49. The molecule has 6 heteroatoms. The van der Waals surface area contributed by atoms with E-state index in [4.69, 9.17) is 15.2 Å².